The molecule has 0 spiro atoms. The number of rotatable bonds is 4. The number of hydrogen-bond acceptors (Lipinski definition) is 6. The molecule has 1 N–H and O–H groups in total. The van der Waals surface area contributed by atoms with E-state index in [0.29, 0.717) is 22.6 Å². The zero-order valence-corrected chi connectivity index (χ0v) is 15.4. The molecular formula is C19H21N5O3. The first-order chi connectivity index (χ1) is 13.0. The molecule has 2 aromatic heterocycles. The van der Waals surface area contributed by atoms with E-state index in [1.807, 2.05) is 19.1 Å². The summed E-state index contributed by atoms with van der Waals surface area (Å²) in [5, 5.41) is 7.57. The average Bonchev–Trinajstić information content (AvgIpc) is 3.28. The monoisotopic (exact) mass is 367 g/mol. The number of carbonyl (C=O) groups excluding carboxylic acids is 1. The van der Waals surface area contributed by atoms with Gasteiger partial charge in [0.25, 0.3) is 5.56 Å². The van der Waals surface area contributed by atoms with Crippen LogP contribution in [-0.4, -0.2) is 25.6 Å². The standard InChI is InChI=1S/C19H21N5O3/c1-12-6-5-7-14-16(12)20-11-24(17(14)26)10-15(25)22-19(8-3-4-9-19)18-21-13(2)27-23-18/h5-7,11H,3-4,8-10H2,1-2H3,(H,22,25). The first-order valence-electron chi connectivity index (χ1n) is 9.05. The Labute approximate surface area is 155 Å². The summed E-state index contributed by atoms with van der Waals surface area (Å²) >= 11 is 0. The minimum absolute atomic E-state index is 0.103. The third-order valence-electron chi connectivity index (χ3n) is 5.16. The lowest BCUT2D eigenvalue weighted by Gasteiger charge is -2.26. The SMILES string of the molecule is Cc1nc(C2(NC(=O)Cn3cnc4c(C)cccc4c3=O)CCCC2)no1. The van der Waals surface area contributed by atoms with Crippen molar-refractivity contribution in [1.29, 1.82) is 0 Å². The molecule has 0 unspecified atom stereocenters. The lowest BCUT2D eigenvalue weighted by atomic mass is 9.96. The van der Waals surface area contributed by atoms with Crippen molar-refractivity contribution in [1.82, 2.24) is 25.0 Å². The Hall–Kier alpha value is -3.03. The van der Waals surface area contributed by atoms with Crippen LogP contribution in [0.5, 0.6) is 0 Å². The van der Waals surface area contributed by atoms with Crippen LogP contribution >= 0.6 is 0 Å². The molecule has 0 atom stereocenters. The summed E-state index contributed by atoms with van der Waals surface area (Å²) in [4.78, 5) is 34.1. The normalized spacial score (nSPS) is 15.9. The quantitative estimate of drug-likeness (QED) is 0.756. The summed E-state index contributed by atoms with van der Waals surface area (Å²) in [6, 6.07) is 5.45. The first-order valence-corrected chi connectivity index (χ1v) is 9.05. The summed E-state index contributed by atoms with van der Waals surface area (Å²) in [6.45, 7) is 3.53. The molecule has 1 saturated carbocycles. The fraction of sp³-hybridized carbons (Fsp3) is 0.421. The van der Waals surface area contributed by atoms with Crippen LogP contribution in [0, 0.1) is 13.8 Å². The van der Waals surface area contributed by atoms with E-state index in [1.165, 1.54) is 10.9 Å². The molecule has 0 saturated heterocycles. The van der Waals surface area contributed by atoms with Crippen molar-refractivity contribution in [3.05, 3.63) is 52.2 Å². The second kappa shape index (κ2) is 6.61. The molecule has 1 amide bonds. The second-order valence-corrected chi connectivity index (χ2v) is 7.12. The van der Waals surface area contributed by atoms with E-state index in [2.05, 4.69) is 20.4 Å². The number of carbonyl (C=O) groups is 1. The number of aromatic nitrogens is 4. The molecule has 1 aliphatic rings. The third kappa shape index (κ3) is 3.11. The number of aryl methyl sites for hydroxylation is 2. The predicted octanol–water partition coefficient (Wildman–Crippen LogP) is 1.98. The topological polar surface area (TPSA) is 103 Å². The molecule has 0 bridgehead atoms. The Kier molecular flexibility index (Phi) is 4.25. The third-order valence-corrected chi connectivity index (χ3v) is 5.16. The van der Waals surface area contributed by atoms with Crippen LogP contribution in [0.15, 0.2) is 33.8 Å². The molecule has 8 nitrogen and oxygen atoms in total. The van der Waals surface area contributed by atoms with Crippen molar-refractivity contribution in [2.75, 3.05) is 0 Å². The van der Waals surface area contributed by atoms with Crippen molar-refractivity contribution in [3.63, 3.8) is 0 Å². The van der Waals surface area contributed by atoms with Gasteiger partial charge in [0, 0.05) is 6.92 Å². The molecule has 8 heteroatoms. The maximum atomic E-state index is 12.7. The number of amides is 1. The van der Waals surface area contributed by atoms with Gasteiger partial charge in [-0.2, -0.15) is 4.98 Å². The van der Waals surface area contributed by atoms with Gasteiger partial charge in [-0.05, 0) is 31.4 Å². The van der Waals surface area contributed by atoms with Crippen molar-refractivity contribution < 1.29 is 9.32 Å². The zero-order valence-electron chi connectivity index (χ0n) is 15.4. The first kappa shape index (κ1) is 17.4. The number of para-hydroxylation sites is 1. The second-order valence-electron chi connectivity index (χ2n) is 7.12. The van der Waals surface area contributed by atoms with Gasteiger partial charge >= 0.3 is 0 Å². The molecule has 140 valence electrons. The number of nitrogens with zero attached hydrogens (tertiary/aromatic N) is 4. The highest BCUT2D eigenvalue weighted by Gasteiger charge is 2.41. The number of benzene rings is 1. The molecule has 0 aliphatic heterocycles. The van der Waals surface area contributed by atoms with E-state index in [1.54, 1.807) is 13.0 Å². The Morgan fingerprint density at radius 2 is 2.07 bits per heavy atom. The molecule has 3 aromatic rings. The highest BCUT2D eigenvalue weighted by atomic mass is 16.5. The van der Waals surface area contributed by atoms with E-state index in [0.717, 1.165) is 31.2 Å². The van der Waals surface area contributed by atoms with Crippen molar-refractivity contribution in [2.24, 2.45) is 0 Å². The Morgan fingerprint density at radius 3 is 2.78 bits per heavy atom. The molecule has 0 radical (unpaired) electrons. The van der Waals surface area contributed by atoms with E-state index in [-0.39, 0.29) is 18.0 Å². The fourth-order valence-electron chi connectivity index (χ4n) is 3.79. The van der Waals surface area contributed by atoms with Crippen LogP contribution in [0.1, 0.15) is 43.0 Å². The summed E-state index contributed by atoms with van der Waals surface area (Å²) in [6.07, 6.45) is 4.88. The maximum absolute atomic E-state index is 12.7. The fourth-order valence-corrected chi connectivity index (χ4v) is 3.79. The van der Waals surface area contributed by atoms with Crippen LogP contribution in [0.4, 0.5) is 0 Å². The highest BCUT2D eigenvalue weighted by molar-refractivity contribution is 5.81. The molecular weight excluding hydrogens is 346 g/mol. The number of nitrogens with one attached hydrogen (secondary N) is 1. The van der Waals surface area contributed by atoms with Gasteiger partial charge in [-0.3, -0.25) is 14.2 Å². The summed E-state index contributed by atoms with van der Waals surface area (Å²) in [7, 11) is 0. The lowest BCUT2D eigenvalue weighted by molar-refractivity contribution is -0.123. The maximum Gasteiger partial charge on any atom is 0.261 e. The van der Waals surface area contributed by atoms with Crippen molar-refractivity contribution in [2.45, 2.75) is 51.6 Å². The van der Waals surface area contributed by atoms with Gasteiger partial charge in [0.05, 0.1) is 17.2 Å². The van der Waals surface area contributed by atoms with Gasteiger partial charge in [0.2, 0.25) is 11.8 Å². The van der Waals surface area contributed by atoms with Gasteiger partial charge < -0.3 is 9.84 Å². The summed E-state index contributed by atoms with van der Waals surface area (Å²) < 4.78 is 6.44. The van der Waals surface area contributed by atoms with Gasteiger partial charge in [0.15, 0.2) is 5.82 Å². The zero-order chi connectivity index (χ0) is 19.0. The minimum atomic E-state index is -0.626. The van der Waals surface area contributed by atoms with Crippen LogP contribution in [0.25, 0.3) is 10.9 Å². The smallest absolute Gasteiger partial charge is 0.261 e. The summed E-state index contributed by atoms with van der Waals surface area (Å²) in [5.74, 6) is 0.705. The Bertz CT molecular complexity index is 1060. The van der Waals surface area contributed by atoms with Crippen LogP contribution in [-0.2, 0) is 16.9 Å². The largest absolute Gasteiger partial charge is 0.342 e. The van der Waals surface area contributed by atoms with Crippen molar-refractivity contribution >= 4 is 16.8 Å². The Morgan fingerprint density at radius 1 is 1.30 bits per heavy atom. The highest BCUT2D eigenvalue weighted by Crippen LogP contribution is 2.37. The molecule has 1 aliphatic carbocycles. The number of hydrogen-bond donors (Lipinski definition) is 1. The van der Waals surface area contributed by atoms with Gasteiger partial charge in [-0.25, -0.2) is 4.98 Å². The average molecular weight is 367 g/mol. The Balaban J connectivity index is 1.60. The van der Waals surface area contributed by atoms with E-state index >= 15 is 0 Å². The molecule has 27 heavy (non-hydrogen) atoms. The number of fused-ring (bicyclic) bond motifs is 1. The molecule has 2 heterocycles. The van der Waals surface area contributed by atoms with Crippen LogP contribution in [0.2, 0.25) is 0 Å². The van der Waals surface area contributed by atoms with Crippen LogP contribution in [0.3, 0.4) is 0 Å². The van der Waals surface area contributed by atoms with Gasteiger partial charge in [0.1, 0.15) is 12.1 Å². The molecule has 4 rings (SSSR count). The predicted molar refractivity (Wildman–Crippen MR) is 98.1 cm³/mol. The van der Waals surface area contributed by atoms with Crippen molar-refractivity contribution in [3.8, 4) is 0 Å². The van der Waals surface area contributed by atoms with Gasteiger partial charge in [-0.15, -0.1) is 0 Å². The van der Waals surface area contributed by atoms with E-state index in [4.69, 9.17) is 4.52 Å². The van der Waals surface area contributed by atoms with Gasteiger partial charge in [-0.1, -0.05) is 30.1 Å². The lowest BCUT2D eigenvalue weighted by Crippen LogP contribution is -2.46. The van der Waals surface area contributed by atoms with Crippen LogP contribution < -0.4 is 10.9 Å². The van der Waals surface area contributed by atoms with E-state index < -0.39 is 5.54 Å². The van der Waals surface area contributed by atoms with E-state index in [9.17, 15) is 9.59 Å². The molecule has 1 aromatic carbocycles. The summed E-state index contributed by atoms with van der Waals surface area (Å²) in [5.41, 5.74) is 0.737. The minimum Gasteiger partial charge on any atom is -0.342 e. The molecule has 1 fully saturated rings.